The summed E-state index contributed by atoms with van der Waals surface area (Å²) in [5.41, 5.74) is 1.18. The Morgan fingerprint density at radius 2 is 1.98 bits per heavy atom. The minimum atomic E-state index is -4.48. The van der Waals surface area contributed by atoms with Crippen LogP contribution in [0, 0.1) is 19.8 Å². The molecule has 0 aliphatic carbocycles. The fourth-order valence-electron chi connectivity index (χ4n) is 4.21. The van der Waals surface area contributed by atoms with E-state index < -0.39 is 49.0 Å². The second-order valence-corrected chi connectivity index (χ2v) is 10.0. The van der Waals surface area contributed by atoms with Gasteiger partial charge in [-0.05, 0) is 39.0 Å². The molecule has 1 aliphatic rings. The Balaban J connectivity index is 1.85. The van der Waals surface area contributed by atoms with E-state index in [1.165, 1.54) is 28.0 Å². The lowest BCUT2D eigenvalue weighted by atomic mass is 9.99. The number of hydrogen-bond acceptors (Lipinski definition) is 7. The smallest absolute Gasteiger partial charge is 0.389 e. The first-order chi connectivity index (χ1) is 18.7. The molecule has 4 amide bonds. The Morgan fingerprint density at radius 1 is 1.27 bits per heavy atom. The van der Waals surface area contributed by atoms with Crippen LogP contribution in [0.25, 0.3) is 0 Å². The number of ether oxygens (including phenoxy) is 1. The van der Waals surface area contributed by atoms with Gasteiger partial charge < -0.3 is 34.8 Å². The van der Waals surface area contributed by atoms with Gasteiger partial charge >= 0.3 is 12.2 Å². The largest absolute Gasteiger partial charge is 0.487 e. The van der Waals surface area contributed by atoms with E-state index >= 15 is 0 Å². The lowest BCUT2D eigenvalue weighted by molar-refractivity contribution is -0.142. The second kappa shape index (κ2) is 12.6. The summed E-state index contributed by atoms with van der Waals surface area (Å²) < 4.78 is 48.8. The molecule has 0 fully saturated rings. The topological polar surface area (TPSA) is 137 Å². The highest BCUT2D eigenvalue weighted by Crippen LogP contribution is 2.31. The van der Waals surface area contributed by atoms with Gasteiger partial charge in [0.2, 0.25) is 5.91 Å². The van der Waals surface area contributed by atoms with E-state index in [-0.39, 0.29) is 42.6 Å². The number of carbonyl (C=O) groups excluding carboxylic acids is 3. The predicted octanol–water partition coefficient (Wildman–Crippen LogP) is 3.96. The maximum atomic E-state index is 13.5. The predicted molar refractivity (Wildman–Crippen MR) is 139 cm³/mol. The molecule has 14 heteroatoms. The highest BCUT2D eigenvalue weighted by molar-refractivity contribution is 6.00. The number of nitrogens with zero attached hydrogens (tertiary/aromatic N) is 3. The molecular weight excluding hydrogens is 535 g/mol. The third kappa shape index (κ3) is 7.64. The molecule has 11 nitrogen and oxygen atoms in total. The number of aryl methyl sites for hydroxylation is 2. The number of urea groups is 1. The summed E-state index contributed by atoms with van der Waals surface area (Å²) in [4.78, 5) is 41.4. The number of anilines is 2. The lowest BCUT2D eigenvalue weighted by Crippen LogP contribution is -2.50. The monoisotopic (exact) mass is 569 g/mol. The number of aliphatic hydroxyl groups is 1. The summed E-state index contributed by atoms with van der Waals surface area (Å²) in [5.74, 6) is -0.976. The van der Waals surface area contributed by atoms with E-state index in [9.17, 15) is 32.7 Å². The molecular formula is C26H34F3N5O6. The van der Waals surface area contributed by atoms with Crippen LogP contribution in [-0.4, -0.2) is 83.0 Å². The van der Waals surface area contributed by atoms with Gasteiger partial charge in [-0.25, -0.2) is 4.79 Å². The van der Waals surface area contributed by atoms with E-state index in [1.807, 2.05) is 6.92 Å². The van der Waals surface area contributed by atoms with Crippen LogP contribution in [0.15, 0.2) is 22.7 Å². The molecule has 3 atom stereocenters. The fourth-order valence-corrected chi connectivity index (χ4v) is 4.21. The molecule has 0 saturated heterocycles. The van der Waals surface area contributed by atoms with Crippen molar-refractivity contribution in [3.05, 3.63) is 35.2 Å². The standard InChI is InChI=1S/C26H34F3N5O6/c1-14-11-34(15(2)13-35)24(37)19-10-18(30-22(36)8-9-26(27,28)29)6-7-20(19)39-21(14)12-33(5)25(38)31-23-16(3)32-40-17(23)4/h6-7,10,14-15,21,35H,8-9,11-13H2,1-5H3,(H,30,36)(H,31,38)/t14-,15-,21+/m1/s1. The molecule has 1 aliphatic heterocycles. The zero-order valence-corrected chi connectivity index (χ0v) is 23.0. The van der Waals surface area contributed by atoms with Crippen LogP contribution in [0.3, 0.4) is 0 Å². The van der Waals surface area contributed by atoms with Crippen molar-refractivity contribution in [3.63, 3.8) is 0 Å². The average molecular weight is 570 g/mol. The number of carbonyl (C=O) groups is 3. The maximum absolute atomic E-state index is 13.5. The molecule has 2 heterocycles. The maximum Gasteiger partial charge on any atom is 0.389 e. The van der Waals surface area contributed by atoms with Gasteiger partial charge in [0, 0.05) is 31.6 Å². The first-order valence-electron chi connectivity index (χ1n) is 12.7. The van der Waals surface area contributed by atoms with Crippen LogP contribution in [0.5, 0.6) is 5.75 Å². The third-order valence-electron chi connectivity index (χ3n) is 6.65. The van der Waals surface area contributed by atoms with Crippen molar-refractivity contribution >= 4 is 29.2 Å². The molecule has 2 aromatic rings. The first-order valence-corrected chi connectivity index (χ1v) is 12.7. The van der Waals surface area contributed by atoms with Gasteiger partial charge in [0.25, 0.3) is 5.91 Å². The van der Waals surface area contributed by atoms with Gasteiger partial charge in [0.05, 0.1) is 31.2 Å². The number of alkyl halides is 3. The van der Waals surface area contributed by atoms with Crippen LogP contribution in [0.1, 0.15) is 48.5 Å². The van der Waals surface area contributed by atoms with Crippen molar-refractivity contribution in [2.24, 2.45) is 5.92 Å². The van der Waals surface area contributed by atoms with Crippen molar-refractivity contribution in [2.45, 2.75) is 58.9 Å². The Kier molecular flexibility index (Phi) is 9.66. The summed E-state index contributed by atoms with van der Waals surface area (Å²) >= 11 is 0. The van der Waals surface area contributed by atoms with Crippen molar-refractivity contribution < 1.29 is 41.9 Å². The molecule has 0 bridgehead atoms. The Labute approximate surface area is 229 Å². The van der Waals surface area contributed by atoms with Gasteiger partial charge in [-0.3, -0.25) is 9.59 Å². The van der Waals surface area contributed by atoms with Crippen LogP contribution >= 0.6 is 0 Å². The average Bonchev–Trinajstić information content (AvgIpc) is 3.20. The third-order valence-corrected chi connectivity index (χ3v) is 6.65. The van der Waals surface area contributed by atoms with Crippen LogP contribution < -0.4 is 15.4 Å². The second-order valence-electron chi connectivity index (χ2n) is 10.0. The molecule has 3 N–H and O–H groups in total. The summed E-state index contributed by atoms with van der Waals surface area (Å²) in [6.07, 6.45) is -7.10. The van der Waals surface area contributed by atoms with E-state index in [4.69, 9.17) is 9.26 Å². The number of rotatable bonds is 8. The highest BCUT2D eigenvalue weighted by Gasteiger charge is 2.34. The van der Waals surface area contributed by atoms with E-state index in [0.29, 0.717) is 17.1 Å². The van der Waals surface area contributed by atoms with Crippen molar-refractivity contribution in [3.8, 4) is 5.75 Å². The number of benzene rings is 1. The van der Waals surface area contributed by atoms with Crippen LogP contribution in [-0.2, 0) is 4.79 Å². The first kappa shape index (κ1) is 30.7. The number of aliphatic hydroxyl groups excluding tert-OH is 1. The number of halogens is 3. The zero-order chi connectivity index (χ0) is 29.8. The molecule has 1 aromatic heterocycles. The van der Waals surface area contributed by atoms with E-state index in [2.05, 4.69) is 15.8 Å². The van der Waals surface area contributed by atoms with Gasteiger partial charge in [0.1, 0.15) is 23.2 Å². The number of amides is 4. The highest BCUT2D eigenvalue weighted by atomic mass is 19.4. The Morgan fingerprint density at radius 3 is 2.58 bits per heavy atom. The molecule has 1 aromatic carbocycles. The molecule has 0 radical (unpaired) electrons. The van der Waals surface area contributed by atoms with Crippen LogP contribution in [0.4, 0.5) is 29.3 Å². The van der Waals surface area contributed by atoms with Gasteiger partial charge in [-0.15, -0.1) is 0 Å². The number of nitrogens with one attached hydrogen (secondary N) is 2. The molecule has 220 valence electrons. The zero-order valence-electron chi connectivity index (χ0n) is 23.0. The fraction of sp³-hybridized carbons (Fsp3) is 0.538. The van der Waals surface area contributed by atoms with E-state index in [1.54, 1.807) is 27.8 Å². The molecule has 3 rings (SSSR count). The van der Waals surface area contributed by atoms with Crippen molar-refractivity contribution in [1.82, 2.24) is 15.0 Å². The summed E-state index contributed by atoms with van der Waals surface area (Å²) in [7, 11) is 1.59. The minimum Gasteiger partial charge on any atom is -0.487 e. The Bertz CT molecular complexity index is 1210. The van der Waals surface area contributed by atoms with Gasteiger partial charge in [0.15, 0.2) is 5.76 Å². The summed E-state index contributed by atoms with van der Waals surface area (Å²) in [5, 5.41) is 18.8. The lowest BCUT2D eigenvalue weighted by Gasteiger charge is -2.38. The normalized spacial score (nSPS) is 18.2. The quantitative estimate of drug-likeness (QED) is 0.438. The molecule has 0 unspecified atom stereocenters. The summed E-state index contributed by atoms with van der Waals surface area (Å²) in [6.45, 7) is 6.90. The van der Waals surface area contributed by atoms with Crippen molar-refractivity contribution in [1.29, 1.82) is 0 Å². The minimum absolute atomic E-state index is 0.0636. The summed E-state index contributed by atoms with van der Waals surface area (Å²) in [6, 6.07) is 3.22. The molecule has 0 saturated carbocycles. The number of aromatic nitrogens is 1. The van der Waals surface area contributed by atoms with Gasteiger partial charge in [-0.1, -0.05) is 12.1 Å². The van der Waals surface area contributed by atoms with Gasteiger partial charge in [-0.2, -0.15) is 13.2 Å². The number of fused-ring (bicyclic) bond motifs is 1. The van der Waals surface area contributed by atoms with Crippen molar-refractivity contribution in [2.75, 3.05) is 37.4 Å². The van der Waals surface area contributed by atoms with Crippen LogP contribution in [0.2, 0.25) is 0 Å². The molecule has 0 spiro atoms. The van der Waals surface area contributed by atoms with E-state index in [0.717, 1.165) is 0 Å². The number of likely N-dealkylation sites (N-methyl/N-ethyl adjacent to an activating group) is 1. The number of hydrogen-bond donors (Lipinski definition) is 3. The SMILES string of the molecule is Cc1noc(C)c1NC(=O)N(C)C[C@@H]1Oc2ccc(NC(=O)CCC(F)(F)F)cc2C(=O)N([C@H](C)CO)C[C@H]1C. The Hall–Kier alpha value is -3.81. The molecule has 40 heavy (non-hydrogen) atoms.